The summed E-state index contributed by atoms with van der Waals surface area (Å²) in [5.74, 6) is 0.843. The second-order valence-electron chi connectivity index (χ2n) is 3.93. The van der Waals surface area contributed by atoms with E-state index >= 15 is 0 Å². The van der Waals surface area contributed by atoms with Gasteiger partial charge in [0.05, 0.1) is 5.02 Å². The Morgan fingerprint density at radius 1 is 1.33 bits per heavy atom. The summed E-state index contributed by atoms with van der Waals surface area (Å²) in [5.41, 5.74) is 2.13. The van der Waals surface area contributed by atoms with E-state index in [-0.39, 0.29) is 0 Å². The standard InChI is InChI=1S/C14H15ClN2O/c1-16-8-11-3-2-4-13(7-11)18-10-12-5-6-17-9-14(12)15/h2-7,9,16H,8,10H2,1H3. The first-order valence-corrected chi connectivity index (χ1v) is 6.12. The molecule has 0 aliphatic heterocycles. The smallest absolute Gasteiger partial charge is 0.120 e. The molecule has 94 valence electrons. The molecule has 3 nitrogen and oxygen atoms in total. The number of hydrogen-bond donors (Lipinski definition) is 1. The van der Waals surface area contributed by atoms with Crippen LogP contribution in [0.25, 0.3) is 0 Å². The molecule has 4 heteroatoms. The highest BCUT2D eigenvalue weighted by Gasteiger charge is 2.01. The molecule has 0 amide bonds. The summed E-state index contributed by atoms with van der Waals surface area (Å²) < 4.78 is 5.72. The van der Waals surface area contributed by atoms with E-state index in [1.165, 1.54) is 5.56 Å². The van der Waals surface area contributed by atoms with Gasteiger partial charge in [-0.25, -0.2) is 0 Å². The molecule has 1 aromatic heterocycles. The van der Waals surface area contributed by atoms with E-state index in [0.29, 0.717) is 11.6 Å². The summed E-state index contributed by atoms with van der Waals surface area (Å²) in [4.78, 5) is 3.94. The zero-order chi connectivity index (χ0) is 12.8. The van der Waals surface area contributed by atoms with Crippen LogP contribution in [0, 0.1) is 0 Å². The van der Waals surface area contributed by atoms with Gasteiger partial charge in [-0.05, 0) is 30.8 Å². The third-order valence-corrected chi connectivity index (χ3v) is 2.87. The highest BCUT2D eigenvalue weighted by atomic mass is 35.5. The third kappa shape index (κ3) is 3.45. The molecular formula is C14H15ClN2O. The van der Waals surface area contributed by atoms with Gasteiger partial charge in [0.2, 0.25) is 0 Å². The van der Waals surface area contributed by atoms with Crippen molar-refractivity contribution in [3.8, 4) is 5.75 Å². The molecule has 0 atom stereocenters. The highest BCUT2D eigenvalue weighted by molar-refractivity contribution is 6.31. The SMILES string of the molecule is CNCc1cccc(OCc2ccncc2Cl)c1. The zero-order valence-corrected chi connectivity index (χ0v) is 10.9. The number of rotatable bonds is 5. The molecule has 0 radical (unpaired) electrons. The van der Waals surface area contributed by atoms with Crippen molar-refractivity contribution < 1.29 is 4.74 Å². The van der Waals surface area contributed by atoms with Crippen molar-refractivity contribution in [2.45, 2.75) is 13.2 Å². The second kappa shape index (κ2) is 6.38. The molecule has 2 rings (SSSR count). The van der Waals surface area contributed by atoms with Crippen molar-refractivity contribution in [3.63, 3.8) is 0 Å². The minimum atomic E-state index is 0.449. The average Bonchev–Trinajstić information content (AvgIpc) is 2.39. The zero-order valence-electron chi connectivity index (χ0n) is 10.2. The molecule has 0 saturated carbocycles. The molecule has 0 aliphatic carbocycles. The molecule has 1 heterocycles. The normalized spacial score (nSPS) is 10.3. The van der Waals surface area contributed by atoms with Crippen LogP contribution in [0.4, 0.5) is 0 Å². The first-order chi connectivity index (χ1) is 8.79. The lowest BCUT2D eigenvalue weighted by Crippen LogP contribution is -2.05. The van der Waals surface area contributed by atoms with Crippen molar-refractivity contribution in [1.29, 1.82) is 0 Å². The largest absolute Gasteiger partial charge is 0.489 e. The summed E-state index contributed by atoms with van der Waals surface area (Å²) >= 11 is 6.02. The van der Waals surface area contributed by atoms with Crippen LogP contribution in [0.1, 0.15) is 11.1 Å². The van der Waals surface area contributed by atoms with Gasteiger partial charge < -0.3 is 10.1 Å². The monoisotopic (exact) mass is 262 g/mol. The van der Waals surface area contributed by atoms with Crippen LogP contribution in [0.15, 0.2) is 42.7 Å². The molecule has 0 aliphatic rings. The molecule has 0 spiro atoms. The summed E-state index contributed by atoms with van der Waals surface area (Å²) in [6.45, 7) is 1.28. The number of hydrogen-bond acceptors (Lipinski definition) is 3. The van der Waals surface area contributed by atoms with E-state index in [1.807, 2.05) is 31.3 Å². The molecule has 18 heavy (non-hydrogen) atoms. The molecule has 0 bridgehead atoms. The molecule has 0 fully saturated rings. The number of nitrogens with one attached hydrogen (secondary N) is 1. The van der Waals surface area contributed by atoms with Gasteiger partial charge in [0.15, 0.2) is 0 Å². The Balaban J connectivity index is 2.02. The van der Waals surface area contributed by atoms with E-state index in [0.717, 1.165) is 17.9 Å². The van der Waals surface area contributed by atoms with Crippen molar-refractivity contribution >= 4 is 11.6 Å². The first kappa shape index (κ1) is 12.9. The van der Waals surface area contributed by atoms with Gasteiger partial charge in [0.1, 0.15) is 12.4 Å². The fourth-order valence-electron chi connectivity index (χ4n) is 1.63. The van der Waals surface area contributed by atoms with Crippen molar-refractivity contribution in [1.82, 2.24) is 10.3 Å². The maximum atomic E-state index is 6.02. The van der Waals surface area contributed by atoms with Crippen LogP contribution in [0.3, 0.4) is 0 Å². The Labute approximate surface area is 112 Å². The molecule has 1 aromatic carbocycles. The average molecular weight is 263 g/mol. The molecule has 1 N–H and O–H groups in total. The van der Waals surface area contributed by atoms with Gasteiger partial charge in [0, 0.05) is 24.5 Å². The van der Waals surface area contributed by atoms with Crippen molar-refractivity contribution in [3.05, 3.63) is 58.9 Å². The lowest BCUT2D eigenvalue weighted by Gasteiger charge is -2.09. The van der Waals surface area contributed by atoms with Crippen LogP contribution in [0.5, 0.6) is 5.75 Å². The van der Waals surface area contributed by atoms with E-state index < -0.39 is 0 Å². The first-order valence-electron chi connectivity index (χ1n) is 5.74. The number of aromatic nitrogens is 1. The van der Waals surface area contributed by atoms with Crippen LogP contribution in [-0.4, -0.2) is 12.0 Å². The molecule has 0 unspecified atom stereocenters. The van der Waals surface area contributed by atoms with Crippen LogP contribution < -0.4 is 10.1 Å². The Morgan fingerprint density at radius 3 is 3.00 bits per heavy atom. The lowest BCUT2D eigenvalue weighted by atomic mass is 10.2. The van der Waals surface area contributed by atoms with Crippen molar-refractivity contribution in [2.75, 3.05) is 7.05 Å². The predicted molar refractivity (Wildman–Crippen MR) is 72.8 cm³/mol. The molecule has 2 aromatic rings. The van der Waals surface area contributed by atoms with Gasteiger partial charge in [0.25, 0.3) is 0 Å². The van der Waals surface area contributed by atoms with Crippen LogP contribution >= 0.6 is 11.6 Å². The third-order valence-electron chi connectivity index (χ3n) is 2.53. The Bertz CT molecular complexity index is 517. The molecular weight excluding hydrogens is 248 g/mol. The van der Waals surface area contributed by atoms with Gasteiger partial charge in [-0.15, -0.1) is 0 Å². The Morgan fingerprint density at radius 2 is 2.22 bits per heavy atom. The predicted octanol–water partition coefficient (Wildman–Crippen LogP) is 3.03. The minimum Gasteiger partial charge on any atom is -0.489 e. The van der Waals surface area contributed by atoms with Gasteiger partial charge in [-0.3, -0.25) is 4.98 Å². The summed E-state index contributed by atoms with van der Waals surface area (Å²) in [7, 11) is 1.92. The van der Waals surface area contributed by atoms with E-state index in [1.54, 1.807) is 12.4 Å². The molecule has 0 saturated heterocycles. The van der Waals surface area contributed by atoms with E-state index in [9.17, 15) is 0 Å². The van der Waals surface area contributed by atoms with Gasteiger partial charge in [-0.1, -0.05) is 23.7 Å². The Hall–Kier alpha value is -1.58. The van der Waals surface area contributed by atoms with Crippen LogP contribution in [-0.2, 0) is 13.2 Å². The van der Waals surface area contributed by atoms with Crippen LogP contribution in [0.2, 0.25) is 5.02 Å². The summed E-state index contributed by atoms with van der Waals surface area (Å²) in [6.07, 6.45) is 3.33. The van der Waals surface area contributed by atoms with Crippen molar-refractivity contribution in [2.24, 2.45) is 0 Å². The van der Waals surface area contributed by atoms with Gasteiger partial charge >= 0.3 is 0 Å². The topological polar surface area (TPSA) is 34.1 Å². The number of nitrogens with zero attached hydrogens (tertiary/aromatic N) is 1. The quantitative estimate of drug-likeness (QED) is 0.899. The second-order valence-corrected chi connectivity index (χ2v) is 4.34. The number of benzene rings is 1. The van der Waals surface area contributed by atoms with E-state index in [2.05, 4.69) is 16.4 Å². The van der Waals surface area contributed by atoms with E-state index in [4.69, 9.17) is 16.3 Å². The van der Waals surface area contributed by atoms with Gasteiger partial charge in [-0.2, -0.15) is 0 Å². The number of ether oxygens (including phenoxy) is 1. The number of halogens is 1. The summed E-state index contributed by atoms with van der Waals surface area (Å²) in [6, 6.07) is 9.86. The fraction of sp³-hybridized carbons (Fsp3) is 0.214. The lowest BCUT2D eigenvalue weighted by molar-refractivity contribution is 0.306. The number of pyridine rings is 1. The maximum Gasteiger partial charge on any atom is 0.120 e. The highest BCUT2D eigenvalue weighted by Crippen LogP contribution is 2.18. The summed E-state index contributed by atoms with van der Waals surface area (Å²) in [5, 5.41) is 3.74. The minimum absolute atomic E-state index is 0.449. The fourth-order valence-corrected chi connectivity index (χ4v) is 1.81. The Kier molecular flexibility index (Phi) is 4.56. The maximum absolute atomic E-state index is 6.02.